The SMILES string of the molecule is COc1cc(CCN2CCCCC2)cc(O)c1OC. The van der Waals surface area contributed by atoms with Crippen LogP contribution in [0.4, 0.5) is 0 Å². The molecular formula is C15H23NO3. The number of benzene rings is 1. The average Bonchev–Trinajstić information content (AvgIpc) is 2.45. The van der Waals surface area contributed by atoms with Gasteiger partial charge in [0.15, 0.2) is 11.5 Å². The van der Waals surface area contributed by atoms with E-state index >= 15 is 0 Å². The lowest BCUT2D eigenvalue weighted by molar-refractivity contribution is 0.231. The van der Waals surface area contributed by atoms with Gasteiger partial charge in [0.25, 0.3) is 0 Å². The van der Waals surface area contributed by atoms with Crippen molar-refractivity contribution in [2.24, 2.45) is 0 Å². The molecular weight excluding hydrogens is 242 g/mol. The van der Waals surface area contributed by atoms with Crippen molar-refractivity contribution in [1.29, 1.82) is 0 Å². The molecule has 0 saturated carbocycles. The number of rotatable bonds is 5. The molecule has 4 heteroatoms. The molecule has 4 nitrogen and oxygen atoms in total. The Morgan fingerprint density at radius 2 is 1.84 bits per heavy atom. The highest BCUT2D eigenvalue weighted by molar-refractivity contribution is 5.53. The molecule has 1 aliphatic rings. The standard InChI is InChI=1S/C15H23NO3/c1-18-14-11-12(10-13(17)15(14)19-2)6-9-16-7-4-3-5-8-16/h10-11,17H,3-9H2,1-2H3. The smallest absolute Gasteiger partial charge is 0.203 e. The van der Waals surface area contributed by atoms with Crippen LogP contribution in [0.1, 0.15) is 24.8 Å². The van der Waals surface area contributed by atoms with Crippen LogP contribution in [0.5, 0.6) is 17.2 Å². The lowest BCUT2D eigenvalue weighted by Gasteiger charge is -2.26. The molecule has 0 spiro atoms. The number of phenolic OH excluding ortho intramolecular Hbond substituents is 1. The maximum absolute atomic E-state index is 9.92. The zero-order valence-corrected chi connectivity index (χ0v) is 11.8. The van der Waals surface area contributed by atoms with Crippen molar-refractivity contribution in [2.75, 3.05) is 33.9 Å². The van der Waals surface area contributed by atoms with Crippen molar-refractivity contribution in [1.82, 2.24) is 4.90 Å². The first-order chi connectivity index (χ1) is 9.24. The summed E-state index contributed by atoms with van der Waals surface area (Å²) < 4.78 is 10.4. The fraction of sp³-hybridized carbons (Fsp3) is 0.600. The molecule has 2 rings (SSSR count). The van der Waals surface area contributed by atoms with Crippen LogP contribution in [0.3, 0.4) is 0 Å². The lowest BCUT2D eigenvalue weighted by atomic mass is 10.1. The average molecular weight is 265 g/mol. The fourth-order valence-electron chi connectivity index (χ4n) is 2.61. The normalized spacial score (nSPS) is 16.3. The molecule has 1 fully saturated rings. The van der Waals surface area contributed by atoms with Gasteiger partial charge in [-0.3, -0.25) is 0 Å². The zero-order chi connectivity index (χ0) is 13.7. The maximum Gasteiger partial charge on any atom is 0.203 e. The summed E-state index contributed by atoms with van der Waals surface area (Å²) in [4.78, 5) is 2.48. The summed E-state index contributed by atoms with van der Waals surface area (Å²) in [6, 6.07) is 3.72. The number of hydrogen-bond acceptors (Lipinski definition) is 4. The second kappa shape index (κ2) is 6.66. The van der Waals surface area contributed by atoms with Gasteiger partial charge in [0.05, 0.1) is 14.2 Å². The van der Waals surface area contributed by atoms with Gasteiger partial charge in [0.1, 0.15) is 0 Å². The Hall–Kier alpha value is -1.42. The van der Waals surface area contributed by atoms with Crippen LogP contribution >= 0.6 is 0 Å². The second-order valence-electron chi connectivity index (χ2n) is 5.00. The highest BCUT2D eigenvalue weighted by Gasteiger charge is 2.13. The van der Waals surface area contributed by atoms with Crippen molar-refractivity contribution in [3.8, 4) is 17.2 Å². The van der Waals surface area contributed by atoms with Gasteiger partial charge in [-0.25, -0.2) is 0 Å². The number of nitrogens with zero attached hydrogens (tertiary/aromatic N) is 1. The van der Waals surface area contributed by atoms with Gasteiger partial charge >= 0.3 is 0 Å². The predicted octanol–water partition coefficient (Wildman–Crippen LogP) is 2.44. The van der Waals surface area contributed by atoms with Gasteiger partial charge in [-0.2, -0.15) is 0 Å². The van der Waals surface area contributed by atoms with E-state index in [4.69, 9.17) is 9.47 Å². The van der Waals surface area contributed by atoms with Crippen molar-refractivity contribution < 1.29 is 14.6 Å². The van der Waals surface area contributed by atoms with Crippen molar-refractivity contribution in [3.63, 3.8) is 0 Å². The number of piperidine rings is 1. The molecule has 1 N–H and O–H groups in total. The monoisotopic (exact) mass is 265 g/mol. The molecule has 1 aromatic rings. The number of phenols is 1. The van der Waals surface area contributed by atoms with Gasteiger partial charge in [0.2, 0.25) is 5.75 Å². The van der Waals surface area contributed by atoms with Crippen LogP contribution in [-0.2, 0) is 6.42 Å². The third-order valence-electron chi connectivity index (χ3n) is 3.68. The number of aromatic hydroxyl groups is 1. The zero-order valence-electron chi connectivity index (χ0n) is 11.8. The molecule has 19 heavy (non-hydrogen) atoms. The van der Waals surface area contributed by atoms with Crippen molar-refractivity contribution in [3.05, 3.63) is 17.7 Å². The summed E-state index contributed by atoms with van der Waals surface area (Å²) in [7, 11) is 3.12. The Labute approximate surface area is 114 Å². The lowest BCUT2D eigenvalue weighted by Crippen LogP contribution is -2.31. The first-order valence-corrected chi connectivity index (χ1v) is 6.91. The third kappa shape index (κ3) is 3.53. The van der Waals surface area contributed by atoms with Crippen LogP contribution < -0.4 is 9.47 Å². The van der Waals surface area contributed by atoms with Crippen LogP contribution in [-0.4, -0.2) is 43.9 Å². The Morgan fingerprint density at radius 1 is 1.11 bits per heavy atom. The minimum Gasteiger partial charge on any atom is -0.504 e. The maximum atomic E-state index is 9.92. The van der Waals surface area contributed by atoms with E-state index in [1.165, 1.54) is 39.5 Å². The van der Waals surface area contributed by atoms with Gasteiger partial charge in [-0.05, 0) is 50.0 Å². The quantitative estimate of drug-likeness (QED) is 0.888. The summed E-state index contributed by atoms with van der Waals surface area (Å²) in [5, 5.41) is 9.92. The van der Waals surface area contributed by atoms with E-state index in [1.54, 1.807) is 13.2 Å². The summed E-state index contributed by atoms with van der Waals surface area (Å²) in [5.41, 5.74) is 1.08. The summed E-state index contributed by atoms with van der Waals surface area (Å²) in [5.74, 6) is 1.15. The van der Waals surface area contributed by atoms with Crippen molar-refractivity contribution >= 4 is 0 Å². The minimum atomic E-state index is 0.149. The Kier molecular flexibility index (Phi) is 4.91. The van der Waals surface area contributed by atoms with Crippen LogP contribution in [0.2, 0.25) is 0 Å². The Bertz CT molecular complexity index is 414. The highest BCUT2D eigenvalue weighted by atomic mass is 16.5. The second-order valence-corrected chi connectivity index (χ2v) is 5.00. The molecule has 0 radical (unpaired) electrons. The van der Waals surface area contributed by atoms with Gasteiger partial charge in [-0.1, -0.05) is 6.42 Å². The molecule has 0 atom stereocenters. The molecule has 0 amide bonds. The first-order valence-electron chi connectivity index (χ1n) is 6.91. The van der Waals surface area contributed by atoms with E-state index in [2.05, 4.69) is 4.90 Å². The molecule has 1 heterocycles. The summed E-state index contributed by atoms with van der Waals surface area (Å²) in [6.45, 7) is 3.42. The molecule has 1 saturated heterocycles. The molecule has 0 aliphatic carbocycles. The molecule has 0 bridgehead atoms. The van der Waals surface area contributed by atoms with Crippen LogP contribution in [0.25, 0.3) is 0 Å². The van der Waals surface area contributed by atoms with Crippen LogP contribution in [0.15, 0.2) is 12.1 Å². The molecule has 1 aliphatic heterocycles. The molecule has 106 valence electrons. The molecule has 1 aromatic carbocycles. The third-order valence-corrected chi connectivity index (χ3v) is 3.68. The van der Waals surface area contributed by atoms with Gasteiger partial charge in [0, 0.05) is 6.54 Å². The minimum absolute atomic E-state index is 0.149. The number of ether oxygens (including phenoxy) is 2. The summed E-state index contributed by atoms with van der Waals surface area (Å²) in [6.07, 6.45) is 4.88. The fourth-order valence-corrected chi connectivity index (χ4v) is 2.61. The van der Waals surface area contributed by atoms with E-state index in [1.807, 2.05) is 6.07 Å². The largest absolute Gasteiger partial charge is 0.504 e. The highest BCUT2D eigenvalue weighted by Crippen LogP contribution is 2.37. The predicted molar refractivity (Wildman–Crippen MR) is 75.2 cm³/mol. The number of likely N-dealkylation sites (tertiary alicyclic amines) is 1. The van der Waals surface area contributed by atoms with Gasteiger partial charge < -0.3 is 19.5 Å². The van der Waals surface area contributed by atoms with Gasteiger partial charge in [-0.15, -0.1) is 0 Å². The Morgan fingerprint density at radius 3 is 2.47 bits per heavy atom. The molecule has 0 aromatic heterocycles. The van der Waals surface area contributed by atoms with E-state index < -0.39 is 0 Å². The van der Waals surface area contributed by atoms with Crippen molar-refractivity contribution in [2.45, 2.75) is 25.7 Å². The van der Waals surface area contributed by atoms with Crippen LogP contribution in [0, 0.1) is 0 Å². The van der Waals surface area contributed by atoms with E-state index in [9.17, 15) is 5.11 Å². The first kappa shape index (κ1) is 14.0. The van der Waals surface area contributed by atoms with E-state index in [0.29, 0.717) is 11.5 Å². The number of hydrogen-bond donors (Lipinski definition) is 1. The van der Waals surface area contributed by atoms with E-state index in [0.717, 1.165) is 18.5 Å². The van der Waals surface area contributed by atoms with E-state index in [-0.39, 0.29) is 5.75 Å². The Balaban J connectivity index is 2.01. The summed E-state index contributed by atoms with van der Waals surface area (Å²) >= 11 is 0. The topological polar surface area (TPSA) is 41.9 Å². The molecule has 0 unspecified atom stereocenters. The number of methoxy groups -OCH3 is 2.